The third-order valence-corrected chi connectivity index (χ3v) is 8.05. The van der Waals surface area contributed by atoms with E-state index in [4.69, 9.17) is 0 Å². The number of hydrogen-bond donors (Lipinski definition) is 0. The van der Waals surface area contributed by atoms with Gasteiger partial charge in [-0.1, -0.05) is 0 Å². The van der Waals surface area contributed by atoms with Gasteiger partial charge in [-0.25, -0.2) is 0 Å². The van der Waals surface area contributed by atoms with E-state index in [0.29, 0.717) is 0 Å². The molecule has 0 aliphatic rings. The predicted octanol–water partition coefficient (Wildman–Crippen LogP) is 5.65. The Morgan fingerprint density at radius 1 is 0.222 bits per heavy atom. The summed E-state index contributed by atoms with van der Waals surface area (Å²) in [7, 11) is 0. The summed E-state index contributed by atoms with van der Waals surface area (Å²) >= 11 is 0. The highest BCUT2D eigenvalue weighted by Crippen LogP contribution is 2.04. The maximum atomic E-state index is 2.27. The third-order valence-electron chi connectivity index (χ3n) is 8.05. The van der Waals surface area contributed by atoms with Gasteiger partial charge in [-0.15, -0.1) is 0 Å². The topological polar surface area (TPSA) is 0 Å². The van der Waals surface area contributed by atoms with Crippen LogP contribution in [0.2, 0.25) is 0 Å². The van der Waals surface area contributed by atoms with Crippen molar-refractivity contribution in [1.82, 2.24) is 0 Å². The van der Waals surface area contributed by atoms with Crippen LogP contribution in [0.3, 0.4) is 0 Å². The molecule has 0 heterocycles. The fourth-order valence-corrected chi connectivity index (χ4v) is 4.02. The fraction of sp³-hybridized carbons (Fsp3) is 1.00. The average Bonchev–Trinajstić information content (AvgIpc) is 2.75. The first-order valence-corrected chi connectivity index (χ1v) is 12.3. The van der Waals surface area contributed by atoms with Crippen molar-refractivity contribution in [2.45, 2.75) is 83.1 Å². The molecule has 0 aliphatic heterocycles. The van der Waals surface area contributed by atoms with E-state index in [2.05, 4.69) is 83.1 Å². The lowest BCUT2D eigenvalue weighted by Gasteiger charge is -2.34. The molecule has 0 saturated carbocycles. The molecule has 0 aromatic carbocycles. The molecule has 27 heavy (non-hydrogen) atoms. The summed E-state index contributed by atoms with van der Waals surface area (Å²) in [5.74, 6) is 0. The molecule has 0 radical (unpaired) electrons. The molecule has 0 N–H and O–H groups in total. The smallest absolute Gasteiger partial charge is 0.0757 e. The van der Waals surface area contributed by atoms with Gasteiger partial charge < -0.3 is 13.4 Å². The van der Waals surface area contributed by atoms with E-state index in [9.17, 15) is 0 Å². The molecule has 0 saturated heterocycles. The molecular weight excluding hydrogens is 330 g/mol. The Bertz CT molecular complexity index is 190. The molecular formula is C24H60N3+3. The van der Waals surface area contributed by atoms with E-state index in [1.165, 1.54) is 92.0 Å². The summed E-state index contributed by atoms with van der Waals surface area (Å²) in [5.41, 5.74) is 0. The van der Waals surface area contributed by atoms with Gasteiger partial charge in [-0.2, -0.15) is 0 Å². The van der Waals surface area contributed by atoms with Crippen LogP contribution >= 0.6 is 0 Å². The first kappa shape index (κ1) is 31.6. The molecule has 0 amide bonds. The second kappa shape index (κ2) is 17.9. The molecule has 0 aromatic rings. The normalized spacial score (nSPS) is 12.0. The van der Waals surface area contributed by atoms with Crippen LogP contribution < -0.4 is 0 Å². The Morgan fingerprint density at radius 3 is 0.296 bits per heavy atom. The van der Waals surface area contributed by atoms with Crippen molar-refractivity contribution in [1.29, 1.82) is 0 Å². The van der Waals surface area contributed by atoms with Crippen LogP contribution in [0.4, 0.5) is 0 Å². The standard InChI is InChI=1S/3C8H20N/c3*1-5-9(6-2,7-3)8-4/h3*5-8H2,1-4H3/q3*+1. The van der Waals surface area contributed by atoms with Crippen molar-refractivity contribution in [2.24, 2.45) is 0 Å². The van der Waals surface area contributed by atoms with Crippen molar-refractivity contribution < 1.29 is 13.4 Å². The minimum Gasteiger partial charge on any atom is -0.325 e. The van der Waals surface area contributed by atoms with Gasteiger partial charge in [-0.3, -0.25) is 0 Å². The third kappa shape index (κ3) is 11.5. The van der Waals surface area contributed by atoms with E-state index in [1.807, 2.05) is 0 Å². The molecule has 0 unspecified atom stereocenters. The van der Waals surface area contributed by atoms with Crippen LogP contribution in [0.1, 0.15) is 83.1 Å². The first-order valence-electron chi connectivity index (χ1n) is 12.3. The summed E-state index contributed by atoms with van der Waals surface area (Å²) < 4.78 is 3.83. The monoisotopic (exact) mass is 390 g/mol. The molecule has 3 heteroatoms. The zero-order chi connectivity index (χ0) is 22.0. The number of nitrogens with zero attached hydrogens (tertiary/aromatic N) is 3. The molecule has 0 aromatic heterocycles. The van der Waals surface area contributed by atoms with Crippen LogP contribution in [0, 0.1) is 0 Å². The van der Waals surface area contributed by atoms with Crippen molar-refractivity contribution in [3.05, 3.63) is 0 Å². The molecule has 0 fully saturated rings. The van der Waals surface area contributed by atoms with Crippen LogP contribution in [0.5, 0.6) is 0 Å². The van der Waals surface area contributed by atoms with Crippen molar-refractivity contribution in [2.75, 3.05) is 78.5 Å². The first-order chi connectivity index (χ1) is 12.7. The number of quaternary nitrogens is 3. The van der Waals surface area contributed by atoms with E-state index < -0.39 is 0 Å². The highest BCUT2D eigenvalue weighted by atomic mass is 15.3. The Labute approximate surface area is 175 Å². The lowest BCUT2D eigenvalue weighted by atomic mass is 10.3. The average molecular weight is 391 g/mol. The molecule has 0 rings (SSSR count). The van der Waals surface area contributed by atoms with Crippen LogP contribution in [-0.2, 0) is 0 Å². The highest BCUT2D eigenvalue weighted by Gasteiger charge is 2.17. The van der Waals surface area contributed by atoms with Crippen molar-refractivity contribution in [3.63, 3.8) is 0 Å². The fourth-order valence-electron chi connectivity index (χ4n) is 4.02. The summed E-state index contributed by atoms with van der Waals surface area (Å²) in [5, 5.41) is 0. The van der Waals surface area contributed by atoms with Gasteiger partial charge in [0.2, 0.25) is 0 Å². The molecule has 168 valence electrons. The Hall–Kier alpha value is -0.120. The van der Waals surface area contributed by atoms with E-state index in [1.54, 1.807) is 0 Å². The molecule has 0 spiro atoms. The molecule has 3 nitrogen and oxygen atoms in total. The Kier molecular flexibility index (Phi) is 21.0. The Balaban J connectivity index is -0.000000320. The number of rotatable bonds is 12. The quantitative estimate of drug-likeness (QED) is 0.378. The van der Waals surface area contributed by atoms with Gasteiger partial charge >= 0.3 is 0 Å². The maximum absolute atomic E-state index is 2.27. The SMILES string of the molecule is CC[N+](CC)(CC)CC.CC[N+](CC)(CC)CC.CC[N+](CC)(CC)CC. The van der Waals surface area contributed by atoms with Crippen molar-refractivity contribution in [3.8, 4) is 0 Å². The van der Waals surface area contributed by atoms with Gasteiger partial charge in [0, 0.05) is 0 Å². The largest absolute Gasteiger partial charge is 0.325 e. The zero-order valence-corrected chi connectivity index (χ0v) is 21.8. The van der Waals surface area contributed by atoms with Gasteiger partial charge in [0.15, 0.2) is 0 Å². The van der Waals surface area contributed by atoms with Gasteiger partial charge in [0.25, 0.3) is 0 Å². The Morgan fingerprint density at radius 2 is 0.296 bits per heavy atom. The van der Waals surface area contributed by atoms with Gasteiger partial charge in [0.05, 0.1) is 78.5 Å². The minimum absolute atomic E-state index is 1.28. The van der Waals surface area contributed by atoms with Gasteiger partial charge in [-0.05, 0) is 83.1 Å². The molecule has 0 atom stereocenters. The lowest BCUT2D eigenvalue weighted by Crippen LogP contribution is -2.47. The second-order valence-electron chi connectivity index (χ2n) is 7.82. The summed E-state index contributed by atoms with van der Waals surface area (Å²) in [6.07, 6.45) is 0. The summed E-state index contributed by atoms with van der Waals surface area (Å²) in [6.45, 7) is 42.7. The predicted molar refractivity (Wildman–Crippen MR) is 127 cm³/mol. The van der Waals surface area contributed by atoms with E-state index in [-0.39, 0.29) is 0 Å². The van der Waals surface area contributed by atoms with Crippen LogP contribution in [-0.4, -0.2) is 92.0 Å². The lowest BCUT2D eigenvalue weighted by molar-refractivity contribution is -0.921. The summed E-state index contributed by atoms with van der Waals surface area (Å²) in [6, 6.07) is 0. The minimum atomic E-state index is 1.28. The molecule has 0 aliphatic carbocycles. The second-order valence-corrected chi connectivity index (χ2v) is 7.82. The van der Waals surface area contributed by atoms with E-state index in [0.717, 1.165) is 0 Å². The maximum Gasteiger partial charge on any atom is 0.0757 e. The number of hydrogen-bond acceptors (Lipinski definition) is 0. The zero-order valence-electron chi connectivity index (χ0n) is 21.8. The van der Waals surface area contributed by atoms with E-state index >= 15 is 0 Å². The van der Waals surface area contributed by atoms with Gasteiger partial charge in [0.1, 0.15) is 0 Å². The van der Waals surface area contributed by atoms with Crippen LogP contribution in [0.15, 0.2) is 0 Å². The van der Waals surface area contributed by atoms with Crippen LogP contribution in [0.25, 0.3) is 0 Å². The summed E-state index contributed by atoms with van der Waals surface area (Å²) in [4.78, 5) is 0. The highest BCUT2D eigenvalue weighted by molar-refractivity contribution is 4.32. The van der Waals surface area contributed by atoms with Crippen molar-refractivity contribution >= 4 is 0 Å². The molecule has 0 bridgehead atoms.